The molecule has 3 heterocycles. The topological polar surface area (TPSA) is 50.8 Å². The molecule has 5 nitrogen and oxygen atoms in total. The molecule has 0 spiro atoms. The molecule has 4 aliphatic rings. The second-order valence-electron chi connectivity index (χ2n) is 11.2. The molecule has 1 amide bonds. The second-order valence-corrected chi connectivity index (χ2v) is 11.2. The highest BCUT2D eigenvalue weighted by Crippen LogP contribution is 2.47. The van der Waals surface area contributed by atoms with Crippen LogP contribution in [-0.4, -0.2) is 42.8 Å². The van der Waals surface area contributed by atoms with E-state index >= 15 is 4.39 Å². The Bertz CT molecular complexity index is 1130. The van der Waals surface area contributed by atoms with E-state index in [1.165, 1.54) is 18.2 Å². The maximum atomic E-state index is 15.4. The summed E-state index contributed by atoms with van der Waals surface area (Å²) in [6, 6.07) is 7.17. The first-order chi connectivity index (χ1) is 16.6. The van der Waals surface area contributed by atoms with Crippen LogP contribution in [0, 0.1) is 23.0 Å². The summed E-state index contributed by atoms with van der Waals surface area (Å²) < 4.78 is 41.1. The Balaban J connectivity index is 1.38. The van der Waals surface area contributed by atoms with E-state index in [0.29, 0.717) is 29.2 Å². The van der Waals surface area contributed by atoms with Gasteiger partial charge in [0, 0.05) is 18.2 Å². The average molecular weight is 485 g/mol. The van der Waals surface area contributed by atoms with Crippen LogP contribution in [0.25, 0.3) is 11.1 Å². The maximum absolute atomic E-state index is 15.4. The zero-order valence-electron chi connectivity index (χ0n) is 20.9. The highest BCUT2D eigenvalue weighted by atomic mass is 19.1. The minimum absolute atomic E-state index is 0.0872. The standard InChI is InChI=1S/C28H34F2N2O3/c1-16(2)34-21-10-18(9-20(29)12-21)22-11-19-14-28(3,4)26(23(19)13-24(22)30)31-27(33)35-25-15-32-7-5-17(25)6-8-32/h9-13,16-17,25-26H,5-8,14-15H2,1-4H3,(H,31,33)/t25-,26-/m0/s1. The lowest BCUT2D eigenvalue weighted by Crippen LogP contribution is -2.53. The summed E-state index contributed by atoms with van der Waals surface area (Å²) in [5.74, 6) is -0.149. The molecule has 2 bridgehead atoms. The summed E-state index contributed by atoms with van der Waals surface area (Å²) in [6.07, 6.45) is 2.13. The number of carbonyl (C=O) groups is 1. The number of halogens is 2. The monoisotopic (exact) mass is 484 g/mol. The van der Waals surface area contributed by atoms with E-state index in [0.717, 1.165) is 43.6 Å². The Morgan fingerprint density at radius 1 is 1.11 bits per heavy atom. The molecule has 1 aliphatic carbocycles. The van der Waals surface area contributed by atoms with Gasteiger partial charge in [-0.15, -0.1) is 0 Å². The van der Waals surface area contributed by atoms with Gasteiger partial charge in [-0.3, -0.25) is 4.90 Å². The van der Waals surface area contributed by atoms with Crippen LogP contribution >= 0.6 is 0 Å². The molecule has 7 heteroatoms. The molecular formula is C28H34F2N2O3. The van der Waals surface area contributed by atoms with E-state index in [-0.39, 0.29) is 23.7 Å². The van der Waals surface area contributed by atoms with Crippen molar-refractivity contribution in [2.24, 2.45) is 11.3 Å². The zero-order valence-corrected chi connectivity index (χ0v) is 20.9. The first-order valence-corrected chi connectivity index (χ1v) is 12.6. The van der Waals surface area contributed by atoms with Crippen molar-refractivity contribution in [1.29, 1.82) is 0 Å². The van der Waals surface area contributed by atoms with Gasteiger partial charge in [0.15, 0.2) is 0 Å². The van der Waals surface area contributed by atoms with Crippen molar-refractivity contribution in [2.45, 2.75) is 65.2 Å². The quantitative estimate of drug-likeness (QED) is 0.577. The predicted octanol–water partition coefficient (Wildman–Crippen LogP) is 5.86. The van der Waals surface area contributed by atoms with E-state index in [4.69, 9.17) is 9.47 Å². The number of nitrogens with zero attached hydrogens (tertiary/aromatic N) is 1. The molecule has 1 N–H and O–H groups in total. The van der Waals surface area contributed by atoms with Gasteiger partial charge in [-0.05, 0) is 98.5 Å². The maximum Gasteiger partial charge on any atom is 0.407 e. The van der Waals surface area contributed by atoms with E-state index in [9.17, 15) is 9.18 Å². The van der Waals surface area contributed by atoms with Crippen LogP contribution in [0.5, 0.6) is 5.75 Å². The molecule has 0 saturated carbocycles. The fourth-order valence-electron chi connectivity index (χ4n) is 5.96. The summed E-state index contributed by atoms with van der Waals surface area (Å²) in [7, 11) is 0. The molecule has 2 atom stereocenters. The van der Waals surface area contributed by atoms with Gasteiger partial charge < -0.3 is 14.8 Å². The van der Waals surface area contributed by atoms with E-state index in [1.807, 2.05) is 13.8 Å². The van der Waals surface area contributed by atoms with Crippen molar-refractivity contribution < 1.29 is 23.0 Å². The molecule has 188 valence electrons. The van der Waals surface area contributed by atoms with Crippen molar-refractivity contribution in [3.63, 3.8) is 0 Å². The predicted molar refractivity (Wildman–Crippen MR) is 130 cm³/mol. The molecule has 0 aromatic heterocycles. The van der Waals surface area contributed by atoms with Crippen LogP contribution in [0.4, 0.5) is 13.6 Å². The number of piperidine rings is 3. The molecule has 2 aromatic carbocycles. The molecule has 0 radical (unpaired) electrons. The Labute approximate surface area is 205 Å². The number of alkyl carbamates (subject to hydrolysis) is 1. The third-order valence-electron chi connectivity index (χ3n) is 7.64. The van der Waals surface area contributed by atoms with Crippen LogP contribution in [0.2, 0.25) is 0 Å². The van der Waals surface area contributed by atoms with Gasteiger partial charge in [-0.2, -0.15) is 0 Å². The van der Waals surface area contributed by atoms with Crippen LogP contribution < -0.4 is 10.1 Å². The van der Waals surface area contributed by atoms with Crippen LogP contribution in [-0.2, 0) is 11.2 Å². The Morgan fingerprint density at radius 2 is 1.86 bits per heavy atom. The lowest BCUT2D eigenvalue weighted by Gasteiger charge is -2.44. The smallest absolute Gasteiger partial charge is 0.407 e. The summed E-state index contributed by atoms with van der Waals surface area (Å²) in [5, 5.41) is 3.03. The minimum Gasteiger partial charge on any atom is -0.491 e. The number of amides is 1. The summed E-state index contributed by atoms with van der Waals surface area (Å²) in [4.78, 5) is 15.2. The largest absolute Gasteiger partial charge is 0.491 e. The van der Waals surface area contributed by atoms with Gasteiger partial charge in [0.2, 0.25) is 0 Å². The molecule has 3 fully saturated rings. The van der Waals surface area contributed by atoms with E-state index in [2.05, 4.69) is 24.1 Å². The van der Waals surface area contributed by atoms with Crippen molar-refractivity contribution >= 4 is 6.09 Å². The summed E-state index contributed by atoms with van der Waals surface area (Å²) in [5.41, 5.74) is 2.11. The molecule has 2 aromatic rings. The number of benzene rings is 2. The fourth-order valence-corrected chi connectivity index (χ4v) is 5.96. The fraction of sp³-hybridized carbons (Fsp3) is 0.536. The number of hydrogen-bond acceptors (Lipinski definition) is 4. The number of fused-ring (bicyclic) bond motifs is 4. The van der Waals surface area contributed by atoms with Gasteiger partial charge in [0.25, 0.3) is 0 Å². The highest BCUT2D eigenvalue weighted by molar-refractivity contribution is 5.71. The second kappa shape index (κ2) is 9.08. The van der Waals surface area contributed by atoms with Crippen molar-refractivity contribution in [3.05, 3.63) is 53.1 Å². The van der Waals surface area contributed by atoms with E-state index < -0.39 is 17.7 Å². The van der Waals surface area contributed by atoms with Crippen molar-refractivity contribution in [2.75, 3.05) is 19.6 Å². The Morgan fingerprint density at radius 3 is 2.51 bits per heavy atom. The number of rotatable bonds is 5. The van der Waals surface area contributed by atoms with Crippen LogP contribution in [0.1, 0.15) is 57.7 Å². The molecule has 6 rings (SSSR count). The first-order valence-electron chi connectivity index (χ1n) is 12.6. The molecule has 3 saturated heterocycles. The summed E-state index contributed by atoms with van der Waals surface area (Å²) >= 11 is 0. The van der Waals surface area contributed by atoms with Gasteiger partial charge >= 0.3 is 6.09 Å². The number of hydrogen-bond donors (Lipinski definition) is 1. The molecular weight excluding hydrogens is 450 g/mol. The van der Waals surface area contributed by atoms with Gasteiger partial charge in [0.05, 0.1) is 12.1 Å². The molecule has 35 heavy (non-hydrogen) atoms. The lowest BCUT2D eigenvalue weighted by molar-refractivity contribution is -0.0349. The van der Waals surface area contributed by atoms with Crippen molar-refractivity contribution in [1.82, 2.24) is 10.2 Å². The van der Waals surface area contributed by atoms with Gasteiger partial charge in [-0.1, -0.05) is 13.8 Å². The normalized spacial score (nSPS) is 26.5. The Hall–Kier alpha value is -2.67. The van der Waals surface area contributed by atoms with E-state index in [1.54, 1.807) is 12.1 Å². The van der Waals surface area contributed by atoms with Gasteiger partial charge in [-0.25, -0.2) is 13.6 Å². The van der Waals surface area contributed by atoms with Crippen molar-refractivity contribution in [3.8, 4) is 16.9 Å². The third kappa shape index (κ3) is 4.88. The Kier molecular flexibility index (Phi) is 6.24. The number of nitrogens with one attached hydrogen (secondary N) is 1. The van der Waals surface area contributed by atoms with Crippen LogP contribution in [0.15, 0.2) is 30.3 Å². The van der Waals surface area contributed by atoms with Gasteiger partial charge in [0.1, 0.15) is 23.5 Å². The summed E-state index contributed by atoms with van der Waals surface area (Å²) in [6.45, 7) is 10.8. The highest BCUT2D eigenvalue weighted by Gasteiger charge is 2.42. The lowest BCUT2D eigenvalue weighted by atomic mass is 9.85. The SMILES string of the molecule is CC(C)Oc1cc(F)cc(-c2cc3c(cc2F)[C@H](NC(=O)O[C@H]2CN4CCC2CC4)C(C)(C)C3)c1. The first kappa shape index (κ1) is 24.0. The molecule has 3 aliphatic heterocycles. The minimum atomic E-state index is -0.478. The zero-order chi connectivity index (χ0) is 24.9. The molecule has 0 unspecified atom stereocenters. The average Bonchev–Trinajstić information content (AvgIpc) is 3.02. The third-order valence-corrected chi connectivity index (χ3v) is 7.64. The number of ether oxygens (including phenoxy) is 2. The number of carbonyl (C=O) groups excluding carboxylic acids is 1. The van der Waals surface area contributed by atoms with Crippen LogP contribution in [0.3, 0.4) is 0 Å².